The van der Waals surface area contributed by atoms with Gasteiger partial charge in [0, 0.05) is 0 Å². The van der Waals surface area contributed by atoms with Gasteiger partial charge in [-0.3, -0.25) is 19.3 Å². The van der Waals surface area contributed by atoms with Gasteiger partial charge in [0.05, 0.1) is 24.6 Å². The Hall–Kier alpha value is -3.20. The molecule has 30 heavy (non-hydrogen) atoms. The second-order valence-corrected chi connectivity index (χ2v) is 7.46. The van der Waals surface area contributed by atoms with E-state index >= 15 is 0 Å². The number of halogens is 1. The van der Waals surface area contributed by atoms with Crippen LogP contribution >= 0.6 is 11.8 Å². The first-order valence-electron chi connectivity index (χ1n) is 9.13. The minimum Gasteiger partial charge on any atom is -0.497 e. The summed E-state index contributed by atoms with van der Waals surface area (Å²) < 4.78 is 18.2. The minimum atomic E-state index is -0.549. The summed E-state index contributed by atoms with van der Waals surface area (Å²) in [6, 6.07) is 12.3. The topological polar surface area (TPSA) is 88.1 Å². The predicted molar refractivity (Wildman–Crippen MR) is 113 cm³/mol. The van der Waals surface area contributed by atoms with Crippen molar-refractivity contribution in [2.75, 3.05) is 17.8 Å². The molecule has 0 saturated carbocycles. The Bertz CT molecular complexity index is 977. The zero-order valence-electron chi connectivity index (χ0n) is 16.4. The monoisotopic (exact) mass is 429 g/mol. The fourth-order valence-electron chi connectivity index (χ4n) is 2.84. The van der Waals surface area contributed by atoms with E-state index in [0.29, 0.717) is 11.4 Å². The first kappa shape index (κ1) is 21.5. The Morgan fingerprint density at radius 3 is 2.50 bits per heavy atom. The van der Waals surface area contributed by atoms with Crippen molar-refractivity contribution in [3.8, 4) is 5.75 Å². The van der Waals surface area contributed by atoms with E-state index in [1.54, 1.807) is 43.3 Å². The van der Waals surface area contributed by atoms with Crippen LogP contribution in [-0.4, -0.2) is 35.8 Å². The van der Waals surface area contributed by atoms with Gasteiger partial charge in [0.25, 0.3) is 5.91 Å². The van der Waals surface area contributed by atoms with E-state index in [1.165, 1.54) is 24.1 Å². The lowest BCUT2D eigenvalue weighted by Gasteiger charge is -2.26. The predicted octanol–water partition coefficient (Wildman–Crippen LogP) is 3.06. The van der Waals surface area contributed by atoms with Crippen LogP contribution in [0.3, 0.4) is 0 Å². The Kier molecular flexibility index (Phi) is 6.83. The summed E-state index contributed by atoms with van der Waals surface area (Å²) in [4.78, 5) is 41.9. The average molecular weight is 429 g/mol. The van der Waals surface area contributed by atoms with Gasteiger partial charge >= 0.3 is 0 Å². The maximum Gasteiger partial charge on any atom is 0.257 e. The third-order valence-corrected chi connectivity index (χ3v) is 5.31. The van der Waals surface area contributed by atoms with Gasteiger partial charge in [-0.15, -0.1) is 0 Å². The van der Waals surface area contributed by atoms with Gasteiger partial charge in [0.15, 0.2) is 5.17 Å². The van der Waals surface area contributed by atoms with Gasteiger partial charge in [0.1, 0.15) is 18.0 Å². The molecule has 0 fully saturated rings. The van der Waals surface area contributed by atoms with Gasteiger partial charge < -0.3 is 10.1 Å². The molecular formula is C21H20FN3O4S. The lowest BCUT2D eigenvalue weighted by Crippen LogP contribution is -2.41. The number of methoxy groups -OCH3 is 1. The molecule has 0 saturated heterocycles. The van der Waals surface area contributed by atoms with Crippen LogP contribution in [0.1, 0.15) is 24.9 Å². The molecule has 0 bridgehead atoms. The van der Waals surface area contributed by atoms with Gasteiger partial charge in [0.2, 0.25) is 11.8 Å². The number of carbonyl (C=O) groups excluding carboxylic acids is 3. The van der Waals surface area contributed by atoms with E-state index in [-0.39, 0.29) is 35.1 Å². The van der Waals surface area contributed by atoms with Gasteiger partial charge in [-0.25, -0.2) is 4.39 Å². The molecule has 0 radical (unpaired) electrons. The largest absolute Gasteiger partial charge is 0.497 e. The smallest absolute Gasteiger partial charge is 0.257 e. The van der Waals surface area contributed by atoms with Crippen molar-refractivity contribution in [1.82, 2.24) is 5.32 Å². The van der Waals surface area contributed by atoms with Crippen LogP contribution in [0, 0.1) is 5.82 Å². The van der Waals surface area contributed by atoms with Crippen LogP contribution in [0.5, 0.6) is 5.75 Å². The molecule has 1 aliphatic heterocycles. The third-order valence-electron chi connectivity index (χ3n) is 4.37. The van der Waals surface area contributed by atoms with E-state index < -0.39 is 11.8 Å². The number of hydrogen-bond acceptors (Lipinski definition) is 5. The number of anilines is 1. The fraction of sp³-hybridized carbons (Fsp3) is 0.238. The standard InChI is InChI=1S/C21H20FN3O4S/c1-13(14-3-5-15(22)6-4-14)23-19(27)12-30-21-24-18(26)11-20(28)25(21)16-7-9-17(29-2)10-8-16/h3-10,13H,11-12H2,1-2H3,(H,23,27)/t13-/m1/s1. The summed E-state index contributed by atoms with van der Waals surface area (Å²) in [6.45, 7) is 1.78. The Labute approximate surface area is 177 Å². The first-order valence-corrected chi connectivity index (χ1v) is 10.1. The van der Waals surface area contributed by atoms with E-state index in [9.17, 15) is 18.8 Å². The van der Waals surface area contributed by atoms with Crippen LogP contribution in [0.15, 0.2) is 53.5 Å². The van der Waals surface area contributed by atoms with Crippen LogP contribution in [0.4, 0.5) is 10.1 Å². The van der Waals surface area contributed by atoms with Gasteiger partial charge in [-0.05, 0) is 48.9 Å². The maximum absolute atomic E-state index is 13.1. The van der Waals surface area contributed by atoms with Crippen LogP contribution in [0.2, 0.25) is 0 Å². The maximum atomic E-state index is 13.1. The molecule has 156 valence electrons. The Morgan fingerprint density at radius 2 is 1.87 bits per heavy atom. The van der Waals surface area contributed by atoms with Gasteiger partial charge in [-0.1, -0.05) is 23.9 Å². The number of amides is 3. The molecule has 0 aliphatic carbocycles. The summed E-state index contributed by atoms with van der Waals surface area (Å²) in [5.74, 6) is -1.04. The Balaban J connectivity index is 1.67. The number of amidine groups is 1. The fourth-order valence-corrected chi connectivity index (χ4v) is 3.69. The Morgan fingerprint density at radius 1 is 1.20 bits per heavy atom. The molecule has 0 unspecified atom stereocenters. The van der Waals surface area contributed by atoms with Crippen molar-refractivity contribution < 1.29 is 23.5 Å². The quantitative estimate of drug-likeness (QED) is 0.713. The summed E-state index contributed by atoms with van der Waals surface area (Å²) in [6.07, 6.45) is -0.329. The molecule has 1 heterocycles. The lowest BCUT2D eigenvalue weighted by atomic mass is 10.1. The summed E-state index contributed by atoms with van der Waals surface area (Å²) in [7, 11) is 1.54. The average Bonchev–Trinajstić information content (AvgIpc) is 2.72. The third kappa shape index (κ3) is 5.24. The van der Waals surface area contributed by atoms with Crippen molar-refractivity contribution >= 4 is 40.3 Å². The molecule has 2 aromatic rings. The number of nitrogens with one attached hydrogen (secondary N) is 1. The highest BCUT2D eigenvalue weighted by atomic mass is 32.2. The number of rotatable bonds is 6. The molecule has 3 rings (SSSR count). The van der Waals surface area contributed by atoms with Crippen LogP contribution in [0.25, 0.3) is 0 Å². The van der Waals surface area contributed by atoms with E-state index in [4.69, 9.17) is 4.74 Å². The number of benzene rings is 2. The minimum absolute atomic E-state index is 0.0441. The van der Waals surface area contributed by atoms with Crippen molar-refractivity contribution in [1.29, 1.82) is 0 Å². The summed E-state index contributed by atoms with van der Waals surface area (Å²) >= 11 is 0.996. The molecular weight excluding hydrogens is 409 g/mol. The summed E-state index contributed by atoms with van der Waals surface area (Å²) in [5.41, 5.74) is 1.29. The number of ether oxygens (including phenoxy) is 1. The number of thioether (sulfide) groups is 1. The molecule has 7 nitrogen and oxygen atoms in total. The van der Waals surface area contributed by atoms with Crippen molar-refractivity contribution in [2.24, 2.45) is 4.99 Å². The molecule has 3 amide bonds. The highest BCUT2D eigenvalue weighted by Gasteiger charge is 2.30. The molecule has 9 heteroatoms. The molecule has 1 N–H and O–H groups in total. The number of hydrogen-bond donors (Lipinski definition) is 1. The highest BCUT2D eigenvalue weighted by Crippen LogP contribution is 2.26. The second-order valence-electron chi connectivity index (χ2n) is 6.52. The van der Waals surface area contributed by atoms with Crippen molar-refractivity contribution in [3.63, 3.8) is 0 Å². The molecule has 1 atom stereocenters. The van der Waals surface area contributed by atoms with Crippen LogP contribution < -0.4 is 15.0 Å². The normalized spacial score (nSPS) is 14.9. The van der Waals surface area contributed by atoms with E-state index in [1.807, 2.05) is 0 Å². The highest BCUT2D eigenvalue weighted by molar-refractivity contribution is 8.14. The number of nitrogens with zero attached hydrogens (tertiary/aromatic N) is 2. The molecule has 0 aromatic heterocycles. The summed E-state index contributed by atoms with van der Waals surface area (Å²) in [5, 5.41) is 2.95. The van der Waals surface area contributed by atoms with Gasteiger partial charge in [-0.2, -0.15) is 4.99 Å². The second kappa shape index (κ2) is 9.53. The molecule has 0 spiro atoms. The van der Waals surface area contributed by atoms with Crippen molar-refractivity contribution in [3.05, 3.63) is 59.9 Å². The number of carbonyl (C=O) groups is 3. The first-order chi connectivity index (χ1) is 14.4. The lowest BCUT2D eigenvalue weighted by molar-refractivity contribution is -0.126. The molecule has 1 aliphatic rings. The van der Waals surface area contributed by atoms with Crippen molar-refractivity contribution in [2.45, 2.75) is 19.4 Å². The zero-order chi connectivity index (χ0) is 21.7. The molecule has 2 aromatic carbocycles. The van der Waals surface area contributed by atoms with E-state index in [0.717, 1.165) is 17.3 Å². The zero-order valence-corrected chi connectivity index (χ0v) is 17.2. The van der Waals surface area contributed by atoms with Crippen LogP contribution in [-0.2, 0) is 14.4 Å². The SMILES string of the molecule is COc1ccc(N2C(=O)CC(=O)N=C2SCC(=O)N[C@H](C)c2ccc(F)cc2)cc1. The van der Waals surface area contributed by atoms with E-state index in [2.05, 4.69) is 10.3 Å². The number of aliphatic imine (C=N–C) groups is 1.